The zero-order valence-corrected chi connectivity index (χ0v) is 12.3. The SMILES string of the molecule is O=C(NC1CCCCC1C(=O)O)c1cc(F)cc(Br)c1. The van der Waals surface area contributed by atoms with Gasteiger partial charge in [0.15, 0.2) is 0 Å². The van der Waals surface area contributed by atoms with Gasteiger partial charge in [-0.25, -0.2) is 4.39 Å². The van der Waals surface area contributed by atoms with Crippen molar-refractivity contribution >= 4 is 27.8 Å². The molecule has 6 heteroatoms. The average Bonchev–Trinajstić information content (AvgIpc) is 2.37. The van der Waals surface area contributed by atoms with Gasteiger partial charge in [-0.1, -0.05) is 28.8 Å². The van der Waals surface area contributed by atoms with Crippen LogP contribution in [0, 0.1) is 11.7 Å². The van der Waals surface area contributed by atoms with Crippen molar-refractivity contribution in [2.24, 2.45) is 5.92 Å². The molecule has 2 atom stereocenters. The molecule has 20 heavy (non-hydrogen) atoms. The fourth-order valence-corrected chi connectivity index (χ4v) is 3.00. The number of carboxylic acids is 1. The number of carboxylic acid groups (broad SMARTS) is 1. The predicted octanol–water partition coefficient (Wildman–Crippen LogP) is 2.96. The number of hydrogen-bond donors (Lipinski definition) is 2. The van der Waals surface area contributed by atoms with Crippen LogP contribution in [-0.4, -0.2) is 23.0 Å². The summed E-state index contributed by atoms with van der Waals surface area (Å²) in [4.78, 5) is 23.3. The normalized spacial score (nSPS) is 22.3. The van der Waals surface area contributed by atoms with E-state index in [4.69, 9.17) is 5.11 Å². The minimum atomic E-state index is -0.893. The molecule has 0 spiro atoms. The molecule has 1 aromatic carbocycles. The topological polar surface area (TPSA) is 66.4 Å². The molecule has 0 bridgehead atoms. The van der Waals surface area contributed by atoms with Crippen LogP contribution in [0.1, 0.15) is 36.0 Å². The number of carbonyl (C=O) groups is 2. The molecule has 1 fully saturated rings. The molecule has 0 aromatic heterocycles. The molecule has 0 heterocycles. The average molecular weight is 344 g/mol. The predicted molar refractivity (Wildman–Crippen MR) is 74.9 cm³/mol. The highest BCUT2D eigenvalue weighted by atomic mass is 79.9. The Morgan fingerprint density at radius 1 is 1.25 bits per heavy atom. The fourth-order valence-electron chi connectivity index (χ4n) is 2.54. The first-order valence-electron chi connectivity index (χ1n) is 6.47. The number of hydrogen-bond acceptors (Lipinski definition) is 2. The molecule has 1 aromatic rings. The van der Waals surface area contributed by atoms with E-state index in [9.17, 15) is 14.0 Å². The van der Waals surface area contributed by atoms with Crippen LogP contribution in [0.5, 0.6) is 0 Å². The van der Waals surface area contributed by atoms with Gasteiger partial charge in [0.2, 0.25) is 0 Å². The lowest BCUT2D eigenvalue weighted by Crippen LogP contribution is -2.45. The molecule has 0 aliphatic heterocycles. The second-order valence-corrected chi connectivity index (χ2v) is 5.88. The quantitative estimate of drug-likeness (QED) is 0.886. The van der Waals surface area contributed by atoms with Crippen LogP contribution >= 0.6 is 15.9 Å². The Morgan fingerprint density at radius 2 is 1.95 bits per heavy atom. The zero-order chi connectivity index (χ0) is 14.7. The van der Waals surface area contributed by atoms with E-state index < -0.39 is 29.7 Å². The van der Waals surface area contributed by atoms with Gasteiger partial charge in [-0.3, -0.25) is 9.59 Å². The van der Waals surface area contributed by atoms with E-state index in [1.165, 1.54) is 12.1 Å². The molecular formula is C14H15BrFNO3. The number of aliphatic carboxylic acids is 1. The van der Waals surface area contributed by atoms with E-state index in [0.717, 1.165) is 18.9 Å². The van der Waals surface area contributed by atoms with Crippen molar-refractivity contribution in [2.45, 2.75) is 31.7 Å². The van der Waals surface area contributed by atoms with Crippen molar-refractivity contribution in [3.63, 3.8) is 0 Å². The van der Waals surface area contributed by atoms with E-state index in [2.05, 4.69) is 21.2 Å². The molecule has 1 amide bonds. The molecule has 0 radical (unpaired) electrons. The van der Waals surface area contributed by atoms with Gasteiger partial charge < -0.3 is 10.4 Å². The lowest BCUT2D eigenvalue weighted by Gasteiger charge is -2.29. The van der Waals surface area contributed by atoms with Crippen molar-refractivity contribution in [1.82, 2.24) is 5.32 Å². The van der Waals surface area contributed by atoms with Crippen LogP contribution in [0.4, 0.5) is 4.39 Å². The molecule has 1 saturated carbocycles. The first-order valence-corrected chi connectivity index (χ1v) is 7.26. The summed E-state index contributed by atoms with van der Waals surface area (Å²) in [6.45, 7) is 0. The number of carbonyl (C=O) groups excluding carboxylic acids is 1. The van der Waals surface area contributed by atoms with Crippen LogP contribution in [0.15, 0.2) is 22.7 Å². The van der Waals surface area contributed by atoms with E-state index in [1.54, 1.807) is 0 Å². The Hall–Kier alpha value is -1.43. The number of amides is 1. The Bertz CT molecular complexity index is 515. The third-order valence-corrected chi connectivity index (χ3v) is 3.98. The molecule has 0 saturated heterocycles. The molecule has 1 aliphatic rings. The number of nitrogens with one attached hydrogen (secondary N) is 1. The van der Waals surface area contributed by atoms with E-state index in [0.29, 0.717) is 17.3 Å². The monoisotopic (exact) mass is 343 g/mol. The van der Waals surface area contributed by atoms with Crippen molar-refractivity contribution in [3.8, 4) is 0 Å². The highest BCUT2D eigenvalue weighted by molar-refractivity contribution is 9.10. The molecule has 1 aliphatic carbocycles. The van der Waals surface area contributed by atoms with Gasteiger partial charge >= 0.3 is 5.97 Å². The van der Waals surface area contributed by atoms with Crippen molar-refractivity contribution in [1.29, 1.82) is 0 Å². The maximum Gasteiger partial charge on any atom is 0.308 e. The highest BCUT2D eigenvalue weighted by Gasteiger charge is 2.32. The van der Waals surface area contributed by atoms with Gasteiger partial charge in [0.05, 0.1) is 5.92 Å². The Morgan fingerprint density at radius 3 is 2.60 bits per heavy atom. The summed E-state index contributed by atoms with van der Waals surface area (Å²) >= 11 is 3.13. The maximum absolute atomic E-state index is 13.3. The molecule has 2 rings (SSSR count). The highest BCUT2D eigenvalue weighted by Crippen LogP contribution is 2.25. The van der Waals surface area contributed by atoms with Gasteiger partial charge in [0.1, 0.15) is 5.82 Å². The largest absolute Gasteiger partial charge is 0.481 e. The van der Waals surface area contributed by atoms with Gasteiger partial charge in [0, 0.05) is 16.1 Å². The Kier molecular flexibility index (Phi) is 4.75. The summed E-state index contributed by atoms with van der Waals surface area (Å²) in [5, 5.41) is 11.9. The molecule has 2 unspecified atom stereocenters. The van der Waals surface area contributed by atoms with Crippen LogP contribution in [0.3, 0.4) is 0 Å². The summed E-state index contributed by atoms with van der Waals surface area (Å²) in [5.41, 5.74) is 0.187. The van der Waals surface area contributed by atoms with Gasteiger partial charge in [-0.15, -0.1) is 0 Å². The lowest BCUT2D eigenvalue weighted by molar-refractivity contribution is -0.143. The van der Waals surface area contributed by atoms with Crippen molar-refractivity contribution in [2.75, 3.05) is 0 Å². The summed E-state index contributed by atoms with van der Waals surface area (Å²) < 4.78 is 13.7. The van der Waals surface area contributed by atoms with Crippen LogP contribution < -0.4 is 5.32 Å². The second kappa shape index (κ2) is 6.35. The smallest absolute Gasteiger partial charge is 0.308 e. The summed E-state index contributed by atoms with van der Waals surface area (Å²) in [6.07, 6.45) is 2.95. The molecule has 2 N–H and O–H groups in total. The first kappa shape index (κ1) is 15.0. The van der Waals surface area contributed by atoms with Gasteiger partial charge in [0.25, 0.3) is 5.91 Å². The third-order valence-electron chi connectivity index (χ3n) is 3.52. The van der Waals surface area contributed by atoms with E-state index in [-0.39, 0.29) is 5.56 Å². The first-order chi connectivity index (χ1) is 9.47. The van der Waals surface area contributed by atoms with Crippen LogP contribution in [0.25, 0.3) is 0 Å². The van der Waals surface area contributed by atoms with E-state index >= 15 is 0 Å². The van der Waals surface area contributed by atoms with Crippen molar-refractivity contribution in [3.05, 3.63) is 34.1 Å². The molecular weight excluding hydrogens is 329 g/mol. The van der Waals surface area contributed by atoms with Crippen LogP contribution in [0.2, 0.25) is 0 Å². The Labute approximate surface area is 124 Å². The number of benzene rings is 1. The standard InChI is InChI=1S/C14H15BrFNO3/c15-9-5-8(6-10(16)7-9)13(18)17-12-4-2-1-3-11(12)14(19)20/h5-7,11-12H,1-4H2,(H,17,18)(H,19,20). The Balaban J connectivity index is 2.11. The zero-order valence-electron chi connectivity index (χ0n) is 10.7. The number of rotatable bonds is 3. The summed E-state index contributed by atoms with van der Waals surface area (Å²) in [5.74, 6) is -2.41. The maximum atomic E-state index is 13.3. The number of halogens is 2. The minimum Gasteiger partial charge on any atom is -0.481 e. The molecule has 4 nitrogen and oxygen atoms in total. The van der Waals surface area contributed by atoms with Crippen LogP contribution in [-0.2, 0) is 4.79 Å². The van der Waals surface area contributed by atoms with Gasteiger partial charge in [-0.05, 0) is 31.0 Å². The van der Waals surface area contributed by atoms with E-state index in [1.807, 2.05) is 0 Å². The summed E-state index contributed by atoms with van der Waals surface area (Å²) in [6, 6.07) is 3.52. The molecule has 108 valence electrons. The van der Waals surface area contributed by atoms with Gasteiger partial charge in [-0.2, -0.15) is 0 Å². The lowest BCUT2D eigenvalue weighted by atomic mass is 9.84. The third kappa shape index (κ3) is 3.56. The van der Waals surface area contributed by atoms with Crippen molar-refractivity contribution < 1.29 is 19.1 Å². The fraction of sp³-hybridized carbons (Fsp3) is 0.429. The second-order valence-electron chi connectivity index (χ2n) is 4.97. The minimum absolute atomic E-state index is 0.187. The summed E-state index contributed by atoms with van der Waals surface area (Å²) in [7, 11) is 0.